The van der Waals surface area contributed by atoms with Gasteiger partial charge < -0.3 is 4.18 Å². The molecule has 0 spiro atoms. The van der Waals surface area contributed by atoms with Crippen LogP contribution in [0.25, 0.3) is 0 Å². The Morgan fingerprint density at radius 1 is 1.15 bits per heavy atom. The van der Waals surface area contributed by atoms with Crippen molar-refractivity contribution >= 4 is 30.4 Å². The maximum atomic E-state index is 5.17. The molecule has 0 aromatic heterocycles. The van der Waals surface area contributed by atoms with Gasteiger partial charge in [-0.05, 0) is 43.6 Å². The average molecular weight is 401 g/mol. The Balaban J connectivity index is 1.79. The summed E-state index contributed by atoms with van der Waals surface area (Å²) in [6.45, 7) is 4.26. The second-order valence-corrected chi connectivity index (χ2v) is 6.41. The third-order valence-electron chi connectivity index (χ3n) is 3.40. The molecule has 1 aliphatic rings. The molecule has 0 unspecified atom stereocenters. The van der Waals surface area contributed by atoms with Gasteiger partial charge in [0.1, 0.15) is 0 Å². The number of benzene rings is 1. The zero-order valence-corrected chi connectivity index (χ0v) is 14.6. The number of hydrogen-bond acceptors (Lipinski definition) is 3. The summed E-state index contributed by atoms with van der Waals surface area (Å²) in [6.07, 6.45) is 4.87. The summed E-state index contributed by atoms with van der Waals surface area (Å²) in [6, 6.07) is 8.66. The minimum atomic E-state index is 0.688. The fourth-order valence-electron chi connectivity index (χ4n) is 2.36. The third kappa shape index (κ3) is 6.04. The second kappa shape index (κ2) is 9.67. The topological polar surface area (TPSA) is 12.5 Å². The van der Waals surface area contributed by atoms with Gasteiger partial charge in [-0.3, -0.25) is 4.90 Å². The van der Waals surface area contributed by atoms with E-state index >= 15 is 0 Å². The van der Waals surface area contributed by atoms with E-state index in [1.807, 2.05) is 0 Å². The van der Waals surface area contributed by atoms with Crippen molar-refractivity contribution in [3.63, 3.8) is 0 Å². The molecule has 1 aromatic carbocycles. The highest BCUT2D eigenvalue weighted by Crippen LogP contribution is 2.13. The first kappa shape index (κ1) is 16.2. The molecular weight excluding hydrogens is 381 g/mol. The van der Waals surface area contributed by atoms with E-state index in [0.717, 1.165) is 18.5 Å². The molecule has 0 amide bonds. The Bertz CT molecular complexity index is 446. The van der Waals surface area contributed by atoms with Crippen LogP contribution in [0.4, 0.5) is 0 Å². The first-order valence-corrected chi connectivity index (χ1v) is 10.4. The number of halogens is 1. The Labute approximate surface area is 138 Å². The van der Waals surface area contributed by atoms with Crippen molar-refractivity contribution in [2.75, 3.05) is 19.7 Å². The van der Waals surface area contributed by atoms with Gasteiger partial charge in [-0.25, -0.2) is 0 Å². The van der Waals surface area contributed by atoms with Crippen LogP contribution in [0.2, 0.25) is 0 Å². The van der Waals surface area contributed by atoms with Gasteiger partial charge in [0.2, 0.25) is 0 Å². The SMILES string of the molecule is ISOCCC#Cc1ccc(CN2CCCCC2)cc1. The van der Waals surface area contributed by atoms with Crippen LogP contribution >= 0.6 is 30.4 Å². The fraction of sp³-hybridized carbons (Fsp3) is 0.500. The smallest absolute Gasteiger partial charge is 0.0732 e. The third-order valence-corrected chi connectivity index (χ3v) is 4.42. The standard InChI is InChI=1S/C16H20INOS/c17-20-19-13-5-2-6-15-7-9-16(10-8-15)14-18-11-3-1-4-12-18/h7-10H,1,3-5,11-14H2. The second-order valence-electron chi connectivity index (χ2n) is 4.97. The summed E-state index contributed by atoms with van der Waals surface area (Å²) < 4.78 is 5.17. The van der Waals surface area contributed by atoms with Gasteiger partial charge in [-0.1, -0.05) is 30.4 Å². The van der Waals surface area contributed by atoms with E-state index in [4.69, 9.17) is 4.18 Å². The number of nitrogens with zero attached hydrogens (tertiary/aromatic N) is 1. The van der Waals surface area contributed by atoms with E-state index in [9.17, 15) is 0 Å². The predicted octanol–water partition coefficient (Wildman–Crippen LogP) is 4.43. The van der Waals surface area contributed by atoms with Gasteiger partial charge in [0.15, 0.2) is 0 Å². The number of likely N-dealkylation sites (tertiary alicyclic amines) is 1. The molecule has 0 saturated carbocycles. The molecule has 1 heterocycles. The van der Waals surface area contributed by atoms with Gasteiger partial charge in [0.25, 0.3) is 0 Å². The van der Waals surface area contributed by atoms with Crippen molar-refractivity contribution in [3.05, 3.63) is 35.4 Å². The van der Waals surface area contributed by atoms with Crippen LogP contribution in [-0.2, 0) is 10.7 Å². The van der Waals surface area contributed by atoms with Crippen LogP contribution in [0.3, 0.4) is 0 Å². The monoisotopic (exact) mass is 401 g/mol. The summed E-state index contributed by atoms with van der Waals surface area (Å²) >= 11 is 2.12. The molecule has 1 saturated heterocycles. The van der Waals surface area contributed by atoms with Crippen LogP contribution in [-0.4, -0.2) is 24.6 Å². The molecule has 0 aliphatic carbocycles. The quantitative estimate of drug-likeness (QED) is 0.314. The summed E-state index contributed by atoms with van der Waals surface area (Å²) in [5.74, 6) is 6.31. The molecule has 2 nitrogen and oxygen atoms in total. The molecule has 4 heteroatoms. The lowest BCUT2D eigenvalue weighted by atomic mass is 10.1. The number of rotatable bonds is 5. The molecule has 20 heavy (non-hydrogen) atoms. The van der Waals surface area contributed by atoms with Crippen molar-refractivity contribution in [1.29, 1.82) is 0 Å². The molecule has 2 rings (SSSR count). The maximum absolute atomic E-state index is 5.17. The molecule has 0 atom stereocenters. The maximum Gasteiger partial charge on any atom is 0.0732 e. The lowest BCUT2D eigenvalue weighted by Crippen LogP contribution is -2.29. The van der Waals surface area contributed by atoms with Crippen LogP contribution < -0.4 is 0 Å². The van der Waals surface area contributed by atoms with Gasteiger partial charge in [0.05, 0.1) is 15.8 Å². The zero-order chi connectivity index (χ0) is 14.0. The summed E-state index contributed by atoms with van der Waals surface area (Å²) in [4.78, 5) is 2.54. The molecule has 108 valence electrons. The summed E-state index contributed by atoms with van der Waals surface area (Å²) in [7, 11) is 1.36. The van der Waals surface area contributed by atoms with Crippen molar-refractivity contribution < 1.29 is 4.18 Å². The van der Waals surface area contributed by atoms with Crippen molar-refractivity contribution in [2.24, 2.45) is 0 Å². The highest BCUT2D eigenvalue weighted by molar-refractivity contribution is 14.2. The molecule has 1 aromatic rings. The minimum absolute atomic E-state index is 0.688. The van der Waals surface area contributed by atoms with E-state index in [1.165, 1.54) is 47.1 Å². The normalized spacial score (nSPS) is 15.7. The van der Waals surface area contributed by atoms with Crippen molar-refractivity contribution in [3.8, 4) is 11.8 Å². The largest absolute Gasteiger partial charge is 0.304 e. The summed E-state index contributed by atoms with van der Waals surface area (Å²) in [5.41, 5.74) is 2.48. The first-order chi connectivity index (χ1) is 9.88. The van der Waals surface area contributed by atoms with Gasteiger partial charge in [0, 0.05) is 39.7 Å². The van der Waals surface area contributed by atoms with E-state index in [-0.39, 0.29) is 0 Å². The van der Waals surface area contributed by atoms with E-state index in [0.29, 0.717) is 6.61 Å². The minimum Gasteiger partial charge on any atom is -0.304 e. The van der Waals surface area contributed by atoms with E-state index in [2.05, 4.69) is 62.2 Å². The Hall–Kier alpha value is -0.220. The van der Waals surface area contributed by atoms with E-state index < -0.39 is 0 Å². The van der Waals surface area contributed by atoms with Crippen LogP contribution in [0.15, 0.2) is 24.3 Å². The predicted molar refractivity (Wildman–Crippen MR) is 94.6 cm³/mol. The average Bonchev–Trinajstić information content (AvgIpc) is 2.50. The molecule has 0 radical (unpaired) electrons. The number of piperidine rings is 1. The fourth-order valence-corrected chi connectivity index (χ4v) is 3.04. The van der Waals surface area contributed by atoms with E-state index in [1.54, 1.807) is 0 Å². The summed E-state index contributed by atoms with van der Waals surface area (Å²) in [5, 5.41) is 0. The highest BCUT2D eigenvalue weighted by Gasteiger charge is 2.09. The Morgan fingerprint density at radius 2 is 1.90 bits per heavy atom. The van der Waals surface area contributed by atoms with Crippen LogP contribution in [0.5, 0.6) is 0 Å². The Kier molecular flexibility index (Phi) is 7.81. The Morgan fingerprint density at radius 3 is 2.60 bits per heavy atom. The molecule has 0 bridgehead atoms. The molecule has 1 fully saturated rings. The lowest BCUT2D eigenvalue weighted by Gasteiger charge is -2.26. The first-order valence-electron chi connectivity index (χ1n) is 7.09. The van der Waals surface area contributed by atoms with Crippen LogP contribution in [0.1, 0.15) is 36.8 Å². The van der Waals surface area contributed by atoms with Gasteiger partial charge in [-0.2, -0.15) is 0 Å². The van der Waals surface area contributed by atoms with Gasteiger partial charge in [-0.15, -0.1) is 0 Å². The van der Waals surface area contributed by atoms with Gasteiger partial charge >= 0.3 is 0 Å². The van der Waals surface area contributed by atoms with Crippen LogP contribution in [0, 0.1) is 11.8 Å². The molecule has 1 aliphatic heterocycles. The zero-order valence-electron chi connectivity index (χ0n) is 11.6. The molecular formula is C16H20INOS. The van der Waals surface area contributed by atoms with Crippen molar-refractivity contribution in [2.45, 2.75) is 32.2 Å². The lowest BCUT2D eigenvalue weighted by molar-refractivity contribution is 0.221. The number of hydrogen-bond donors (Lipinski definition) is 0. The molecule has 0 N–H and O–H groups in total. The van der Waals surface area contributed by atoms with Crippen molar-refractivity contribution in [1.82, 2.24) is 4.90 Å². The highest BCUT2D eigenvalue weighted by atomic mass is 127.